The van der Waals surface area contributed by atoms with Gasteiger partial charge in [0.05, 0.1) is 22.1 Å². The van der Waals surface area contributed by atoms with Crippen molar-refractivity contribution >= 4 is 21.7 Å². The average molecular weight is 446 g/mol. The van der Waals surface area contributed by atoms with E-state index < -0.39 is 6.17 Å². The van der Waals surface area contributed by atoms with Crippen LogP contribution in [0, 0.1) is 0 Å². The van der Waals surface area contributed by atoms with Gasteiger partial charge in [0, 0.05) is 24.7 Å². The molecule has 0 aliphatic carbocycles. The van der Waals surface area contributed by atoms with Gasteiger partial charge < -0.3 is 14.9 Å². The molecule has 0 saturated carbocycles. The van der Waals surface area contributed by atoms with Crippen molar-refractivity contribution in [2.45, 2.75) is 31.0 Å². The predicted octanol–water partition coefficient (Wildman–Crippen LogP) is 4.21. The maximum absolute atomic E-state index is 14.0. The zero-order valence-corrected chi connectivity index (χ0v) is 17.9. The summed E-state index contributed by atoms with van der Waals surface area (Å²) in [6, 6.07) is 12.9. The summed E-state index contributed by atoms with van der Waals surface area (Å²) in [5.74, 6) is -0.0753. The Balaban J connectivity index is 1.36. The lowest BCUT2D eigenvalue weighted by atomic mass is 9.95. The largest absolute Gasteiger partial charge is 0.508 e. The molecule has 7 nitrogen and oxygen atoms in total. The van der Waals surface area contributed by atoms with Gasteiger partial charge in [0.15, 0.2) is 0 Å². The molecule has 2 fully saturated rings. The van der Waals surface area contributed by atoms with Gasteiger partial charge in [0.1, 0.15) is 18.5 Å². The number of hydrogen-bond acceptors (Lipinski definition) is 7. The fourth-order valence-corrected chi connectivity index (χ4v) is 5.35. The van der Waals surface area contributed by atoms with Gasteiger partial charge in [-0.25, -0.2) is 4.39 Å². The van der Waals surface area contributed by atoms with Crippen LogP contribution in [-0.2, 0) is 0 Å². The SMILES string of the molecule is Oc1cc(-c2cc3nc(OC[C@@]45CCCN4C[C@H](F)C5)nc(O)c3cn2)c2ccccc2c1. The lowest BCUT2D eigenvalue weighted by Gasteiger charge is -2.30. The molecule has 2 aromatic heterocycles. The first-order valence-electron chi connectivity index (χ1n) is 11.1. The van der Waals surface area contributed by atoms with Crippen LogP contribution in [0.25, 0.3) is 32.9 Å². The van der Waals surface area contributed by atoms with E-state index in [1.807, 2.05) is 24.3 Å². The number of phenols is 1. The van der Waals surface area contributed by atoms with Gasteiger partial charge in [0.25, 0.3) is 0 Å². The molecule has 0 radical (unpaired) electrons. The number of alkyl halides is 1. The Morgan fingerprint density at radius 1 is 1.12 bits per heavy atom. The maximum Gasteiger partial charge on any atom is 0.320 e. The molecule has 4 heterocycles. The summed E-state index contributed by atoms with van der Waals surface area (Å²) < 4.78 is 20.0. The van der Waals surface area contributed by atoms with Crippen LogP contribution in [0.1, 0.15) is 19.3 Å². The van der Waals surface area contributed by atoms with E-state index in [1.54, 1.807) is 18.2 Å². The third kappa shape index (κ3) is 3.41. The molecular weight excluding hydrogens is 423 g/mol. The lowest BCUT2D eigenvalue weighted by molar-refractivity contribution is 0.107. The van der Waals surface area contributed by atoms with Gasteiger partial charge in [-0.1, -0.05) is 24.3 Å². The van der Waals surface area contributed by atoms with Crippen LogP contribution < -0.4 is 4.74 Å². The van der Waals surface area contributed by atoms with Crippen molar-refractivity contribution in [2.75, 3.05) is 19.7 Å². The monoisotopic (exact) mass is 446 g/mol. The van der Waals surface area contributed by atoms with Gasteiger partial charge in [-0.15, -0.1) is 0 Å². The molecular formula is C25H23FN4O3. The normalized spacial score (nSPS) is 22.8. The molecule has 0 unspecified atom stereocenters. The highest BCUT2D eigenvalue weighted by Gasteiger charge is 2.49. The maximum atomic E-state index is 14.0. The highest BCUT2D eigenvalue weighted by Crippen LogP contribution is 2.40. The Hall–Kier alpha value is -3.52. The van der Waals surface area contributed by atoms with Crippen molar-refractivity contribution in [3.8, 4) is 28.9 Å². The molecule has 2 aliphatic rings. The van der Waals surface area contributed by atoms with Crippen LogP contribution in [0.15, 0.2) is 48.7 Å². The summed E-state index contributed by atoms with van der Waals surface area (Å²) in [6.07, 6.45) is 3.03. The first kappa shape index (κ1) is 20.1. The smallest absolute Gasteiger partial charge is 0.320 e. The van der Waals surface area contributed by atoms with E-state index in [0.717, 1.165) is 35.7 Å². The van der Waals surface area contributed by atoms with Crippen LogP contribution >= 0.6 is 0 Å². The van der Waals surface area contributed by atoms with Crippen molar-refractivity contribution in [3.05, 3.63) is 48.7 Å². The first-order chi connectivity index (χ1) is 16.0. The molecule has 4 aromatic rings. The summed E-state index contributed by atoms with van der Waals surface area (Å²) in [6.45, 7) is 1.61. The van der Waals surface area contributed by atoms with Crippen molar-refractivity contribution in [2.24, 2.45) is 0 Å². The third-order valence-corrected chi connectivity index (χ3v) is 6.89. The minimum atomic E-state index is -0.842. The highest BCUT2D eigenvalue weighted by atomic mass is 19.1. The van der Waals surface area contributed by atoms with Crippen LogP contribution in [0.4, 0.5) is 4.39 Å². The predicted molar refractivity (Wildman–Crippen MR) is 122 cm³/mol. The minimum Gasteiger partial charge on any atom is -0.508 e. The van der Waals surface area contributed by atoms with Crippen molar-refractivity contribution in [1.29, 1.82) is 0 Å². The molecule has 2 atom stereocenters. The minimum absolute atomic E-state index is 0.0569. The van der Waals surface area contributed by atoms with Crippen LogP contribution in [0.2, 0.25) is 0 Å². The first-order valence-corrected chi connectivity index (χ1v) is 11.1. The summed E-state index contributed by atoms with van der Waals surface area (Å²) in [4.78, 5) is 15.2. The summed E-state index contributed by atoms with van der Waals surface area (Å²) in [5, 5.41) is 22.9. The fourth-order valence-electron chi connectivity index (χ4n) is 5.35. The number of nitrogens with zero attached hydrogens (tertiary/aromatic N) is 4. The van der Waals surface area contributed by atoms with Gasteiger partial charge in [0.2, 0.25) is 5.88 Å². The number of phenolic OH excluding ortho intramolecular Hbond substituents is 1. The summed E-state index contributed by atoms with van der Waals surface area (Å²) >= 11 is 0. The Morgan fingerprint density at radius 3 is 2.91 bits per heavy atom. The lowest BCUT2D eigenvalue weighted by Crippen LogP contribution is -2.43. The number of halogens is 1. The van der Waals surface area contributed by atoms with E-state index in [-0.39, 0.29) is 29.8 Å². The van der Waals surface area contributed by atoms with E-state index in [4.69, 9.17) is 4.74 Å². The van der Waals surface area contributed by atoms with Gasteiger partial charge in [-0.3, -0.25) is 9.88 Å². The number of aromatic nitrogens is 3. The number of rotatable bonds is 4. The Morgan fingerprint density at radius 2 is 2.00 bits per heavy atom. The van der Waals surface area contributed by atoms with Crippen molar-refractivity contribution in [1.82, 2.24) is 19.9 Å². The number of benzene rings is 2. The number of aromatic hydroxyl groups is 2. The number of ether oxygens (including phenoxy) is 1. The van der Waals surface area contributed by atoms with E-state index >= 15 is 0 Å². The van der Waals surface area contributed by atoms with E-state index in [0.29, 0.717) is 29.6 Å². The molecule has 6 rings (SSSR count). The quantitative estimate of drug-likeness (QED) is 0.485. The van der Waals surface area contributed by atoms with Crippen LogP contribution in [0.3, 0.4) is 0 Å². The van der Waals surface area contributed by atoms with Gasteiger partial charge in [-0.05, 0) is 48.4 Å². The molecule has 33 heavy (non-hydrogen) atoms. The topological polar surface area (TPSA) is 91.6 Å². The van der Waals surface area contributed by atoms with Crippen LogP contribution in [0.5, 0.6) is 17.6 Å². The second-order valence-electron chi connectivity index (χ2n) is 8.99. The molecule has 2 saturated heterocycles. The fraction of sp³-hybridized carbons (Fsp3) is 0.320. The zero-order valence-electron chi connectivity index (χ0n) is 17.9. The third-order valence-electron chi connectivity index (χ3n) is 6.89. The molecule has 2 N–H and O–H groups in total. The highest BCUT2D eigenvalue weighted by molar-refractivity contribution is 5.98. The molecule has 0 amide bonds. The number of fused-ring (bicyclic) bond motifs is 3. The molecule has 8 heteroatoms. The Labute approximate surface area is 189 Å². The molecule has 2 aromatic carbocycles. The second kappa shape index (κ2) is 7.52. The molecule has 0 bridgehead atoms. The van der Waals surface area contributed by atoms with Gasteiger partial charge in [-0.2, -0.15) is 9.97 Å². The summed E-state index contributed by atoms with van der Waals surface area (Å²) in [7, 11) is 0. The van der Waals surface area contributed by atoms with Gasteiger partial charge >= 0.3 is 6.01 Å². The van der Waals surface area contributed by atoms with Crippen LogP contribution in [-0.4, -0.2) is 61.5 Å². The molecule has 168 valence electrons. The van der Waals surface area contributed by atoms with E-state index in [9.17, 15) is 14.6 Å². The standard InChI is InChI=1S/C25H23FN4O3/c26-16-11-25(6-3-7-30(25)13-16)14-33-24-28-22-10-21(27-12-20(22)23(32)29-24)19-9-17(31)8-15-4-1-2-5-18(15)19/h1-2,4-5,8-10,12,16,31H,3,6-7,11,13-14H2,(H,28,29,32)/t16-,25+/m1/s1. The number of pyridine rings is 1. The second-order valence-corrected chi connectivity index (χ2v) is 8.99. The molecule has 2 aliphatic heterocycles. The Kier molecular flexibility index (Phi) is 4.58. The van der Waals surface area contributed by atoms with Crippen molar-refractivity contribution in [3.63, 3.8) is 0 Å². The zero-order chi connectivity index (χ0) is 22.6. The average Bonchev–Trinajstić information content (AvgIpc) is 3.32. The number of hydrogen-bond donors (Lipinski definition) is 2. The van der Waals surface area contributed by atoms with E-state index in [2.05, 4.69) is 19.9 Å². The molecule has 0 spiro atoms. The summed E-state index contributed by atoms with van der Waals surface area (Å²) in [5.41, 5.74) is 1.52. The van der Waals surface area contributed by atoms with E-state index in [1.165, 1.54) is 6.20 Å². The van der Waals surface area contributed by atoms with Crippen molar-refractivity contribution < 1.29 is 19.3 Å². The Bertz CT molecular complexity index is 1380.